The largest absolute Gasteiger partial charge is 0.493 e. The topological polar surface area (TPSA) is 68.3 Å². The number of ether oxygens (including phenoxy) is 3. The van der Waals surface area contributed by atoms with Gasteiger partial charge in [-0.1, -0.05) is 24.3 Å². The van der Waals surface area contributed by atoms with Crippen LogP contribution in [0.2, 0.25) is 0 Å². The second-order valence-corrected chi connectivity index (χ2v) is 7.12. The summed E-state index contributed by atoms with van der Waals surface area (Å²) in [7, 11) is 8.76. The number of benzene rings is 2. The van der Waals surface area contributed by atoms with Crippen molar-refractivity contribution >= 4 is 17.6 Å². The van der Waals surface area contributed by atoms with Gasteiger partial charge < -0.3 is 24.0 Å². The van der Waals surface area contributed by atoms with Gasteiger partial charge in [-0.25, -0.2) is 0 Å². The molecule has 0 atom stereocenters. The fourth-order valence-electron chi connectivity index (χ4n) is 2.97. The van der Waals surface area contributed by atoms with E-state index in [0.717, 1.165) is 16.8 Å². The van der Waals surface area contributed by atoms with Crippen LogP contribution in [0.3, 0.4) is 0 Å². The average Bonchev–Trinajstić information content (AvgIpc) is 2.75. The third-order valence-electron chi connectivity index (χ3n) is 4.74. The summed E-state index contributed by atoms with van der Waals surface area (Å²) in [5, 5.41) is 0. The van der Waals surface area contributed by atoms with Gasteiger partial charge >= 0.3 is 5.97 Å². The first-order valence-electron chi connectivity index (χ1n) is 9.71. The van der Waals surface area contributed by atoms with E-state index in [1.54, 1.807) is 32.2 Å². The second kappa shape index (κ2) is 11.1. The van der Waals surface area contributed by atoms with Crippen LogP contribution in [0.5, 0.6) is 11.5 Å². The number of anilines is 1. The summed E-state index contributed by atoms with van der Waals surface area (Å²) in [4.78, 5) is 27.9. The van der Waals surface area contributed by atoms with Gasteiger partial charge in [0.25, 0.3) is 5.91 Å². The molecule has 7 heteroatoms. The van der Waals surface area contributed by atoms with Gasteiger partial charge in [-0.2, -0.15) is 0 Å². The summed E-state index contributed by atoms with van der Waals surface area (Å²) in [5.74, 6) is 0.527. The van der Waals surface area contributed by atoms with Gasteiger partial charge in [0.2, 0.25) is 0 Å². The number of rotatable bonds is 10. The highest BCUT2D eigenvalue weighted by atomic mass is 16.5. The van der Waals surface area contributed by atoms with Gasteiger partial charge in [0.1, 0.15) is 0 Å². The summed E-state index contributed by atoms with van der Waals surface area (Å²) in [6.45, 7) is 0.172. The molecule has 0 bridgehead atoms. The monoisotopic (exact) mass is 414 g/mol. The van der Waals surface area contributed by atoms with Crippen LogP contribution in [0.4, 0.5) is 5.69 Å². The Labute approximate surface area is 178 Å². The maximum absolute atomic E-state index is 12.3. The number of hydrogen-bond donors (Lipinski definition) is 0. The highest BCUT2D eigenvalue weighted by Gasteiger charge is 2.15. The van der Waals surface area contributed by atoms with Crippen molar-refractivity contribution in [3.8, 4) is 11.5 Å². The highest BCUT2D eigenvalue weighted by Crippen LogP contribution is 2.31. The first kappa shape index (κ1) is 23.1. The molecule has 30 heavy (non-hydrogen) atoms. The van der Waals surface area contributed by atoms with Crippen molar-refractivity contribution in [2.24, 2.45) is 0 Å². The van der Waals surface area contributed by atoms with Crippen molar-refractivity contribution in [2.45, 2.75) is 19.4 Å². The Morgan fingerprint density at radius 3 is 2.23 bits per heavy atom. The standard InChI is InChI=1S/C23H30N2O5/c1-24(2)19-12-9-17(10-13-19)15-25(3)21(26)16-30-22(27)14-11-18-7-6-8-20(28-4)23(18)29-5/h6-10,12-13H,11,14-16H2,1-5H3. The van der Waals surface area contributed by atoms with E-state index in [2.05, 4.69) is 0 Å². The number of esters is 1. The van der Waals surface area contributed by atoms with Crippen LogP contribution in [0.15, 0.2) is 42.5 Å². The van der Waals surface area contributed by atoms with Crippen molar-refractivity contribution in [1.29, 1.82) is 0 Å². The minimum Gasteiger partial charge on any atom is -0.493 e. The number of amides is 1. The Bertz CT molecular complexity index is 849. The van der Waals surface area contributed by atoms with Gasteiger partial charge in [-0.05, 0) is 35.7 Å². The Kier molecular flexibility index (Phi) is 8.53. The van der Waals surface area contributed by atoms with Crippen LogP contribution in [-0.2, 0) is 27.3 Å². The maximum atomic E-state index is 12.3. The van der Waals surface area contributed by atoms with Crippen molar-refractivity contribution in [2.75, 3.05) is 46.9 Å². The lowest BCUT2D eigenvalue weighted by Gasteiger charge is -2.18. The van der Waals surface area contributed by atoms with Crippen LogP contribution in [0.25, 0.3) is 0 Å². The zero-order valence-corrected chi connectivity index (χ0v) is 18.3. The first-order valence-corrected chi connectivity index (χ1v) is 9.71. The average molecular weight is 415 g/mol. The molecular formula is C23H30N2O5. The molecule has 0 aliphatic heterocycles. The van der Waals surface area contributed by atoms with E-state index in [-0.39, 0.29) is 18.9 Å². The van der Waals surface area contributed by atoms with Crippen molar-refractivity contribution in [1.82, 2.24) is 4.90 Å². The summed E-state index contributed by atoms with van der Waals surface area (Å²) < 4.78 is 15.8. The van der Waals surface area contributed by atoms with Crippen molar-refractivity contribution < 1.29 is 23.8 Å². The lowest BCUT2D eigenvalue weighted by Crippen LogP contribution is -2.30. The van der Waals surface area contributed by atoms with Crippen LogP contribution < -0.4 is 14.4 Å². The summed E-state index contributed by atoms with van der Waals surface area (Å²) in [6.07, 6.45) is 0.577. The predicted molar refractivity (Wildman–Crippen MR) is 116 cm³/mol. The summed E-state index contributed by atoms with van der Waals surface area (Å²) >= 11 is 0. The van der Waals surface area contributed by atoms with E-state index < -0.39 is 5.97 Å². The minimum atomic E-state index is -0.433. The van der Waals surface area contributed by atoms with E-state index in [4.69, 9.17) is 14.2 Å². The van der Waals surface area contributed by atoms with Gasteiger partial charge in [-0.15, -0.1) is 0 Å². The Hall–Kier alpha value is -3.22. The Morgan fingerprint density at radius 2 is 1.63 bits per heavy atom. The van der Waals surface area contributed by atoms with Gasteiger partial charge in [0.15, 0.2) is 18.1 Å². The molecule has 162 valence electrons. The Balaban J connectivity index is 1.80. The zero-order chi connectivity index (χ0) is 22.1. The first-order chi connectivity index (χ1) is 14.3. The SMILES string of the molecule is COc1cccc(CCC(=O)OCC(=O)N(C)Cc2ccc(N(C)C)cc2)c1OC. The summed E-state index contributed by atoms with van der Waals surface area (Å²) in [6, 6.07) is 13.5. The fraction of sp³-hybridized carbons (Fsp3) is 0.391. The van der Waals surface area contributed by atoms with Gasteiger partial charge in [0.05, 0.1) is 14.2 Å². The van der Waals surface area contributed by atoms with Crippen LogP contribution in [0.1, 0.15) is 17.5 Å². The molecule has 2 aromatic rings. The minimum absolute atomic E-state index is 0.145. The molecule has 0 aromatic heterocycles. The Morgan fingerprint density at radius 1 is 0.933 bits per heavy atom. The molecule has 1 amide bonds. The van der Waals surface area contributed by atoms with E-state index in [1.807, 2.05) is 55.4 Å². The lowest BCUT2D eigenvalue weighted by molar-refractivity contribution is -0.151. The van der Waals surface area contributed by atoms with Gasteiger partial charge in [0, 0.05) is 39.8 Å². The molecular weight excluding hydrogens is 384 g/mol. The summed E-state index contributed by atoms with van der Waals surface area (Å²) in [5.41, 5.74) is 2.95. The highest BCUT2D eigenvalue weighted by molar-refractivity contribution is 5.80. The molecule has 0 heterocycles. The third-order valence-corrected chi connectivity index (χ3v) is 4.74. The molecule has 0 fully saturated rings. The molecule has 0 spiro atoms. The molecule has 7 nitrogen and oxygen atoms in total. The molecule has 0 unspecified atom stereocenters. The molecule has 0 saturated heterocycles. The lowest BCUT2D eigenvalue weighted by atomic mass is 10.1. The molecule has 0 radical (unpaired) electrons. The van der Waals surface area contributed by atoms with E-state index in [1.165, 1.54) is 0 Å². The smallest absolute Gasteiger partial charge is 0.306 e. The molecule has 0 N–H and O–H groups in total. The number of carbonyl (C=O) groups is 2. The third kappa shape index (κ3) is 6.40. The van der Waals surface area contributed by atoms with E-state index in [9.17, 15) is 9.59 Å². The van der Waals surface area contributed by atoms with Crippen LogP contribution >= 0.6 is 0 Å². The number of carbonyl (C=O) groups excluding carboxylic acids is 2. The van der Waals surface area contributed by atoms with Crippen LogP contribution in [0, 0.1) is 0 Å². The normalized spacial score (nSPS) is 10.3. The van der Waals surface area contributed by atoms with Crippen molar-refractivity contribution in [3.63, 3.8) is 0 Å². The van der Waals surface area contributed by atoms with Crippen molar-refractivity contribution in [3.05, 3.63) is 53.6 Å². The molecule has 0 aliphatic rings. The second-order valence-electron chi connectivity index (χ2n) is 7.12. The maximum Gasteiger partial charge on any atom is 0.306 e. The molecule has 0 saturated carbocycles. The quantitative estimate of drug-likeness (QED) is 0.557. The van der Waals surface area contributed by atoms with E-state index in [0.29, 0.717) is 24.5 Å². The van der Waals surface area contributed by atoms with Crippen LogP contribution in [-0.4, -0.2) is 58.7 Å². The predicted octanol–water partition coefficient (Wildman–Crippen LogP) is 2.90. The molecule has 2 aromatic carbocycles. The fourth-order valence-corrected chi connectivity index (χ4v) is 2.97. The number of nitrogens with zero attached hydrogens (tertiary/aromatic N) is 2. The number of likely N-dealkylation sites (N-methyl/N-ethyl adjacent to an activating group) is 1. The van der Waals surface area contributed by atoms with E-state index >= 15 is 0 Å². The number of para-hydroxylation sites is 1. The van der Waals surface area contributed by atoms with Gasteiger partial charge in [-0.3, -0.25) is 9.59 Å². The molecule has 0 aliphatic carbocycles. The molecule has 2 rings (SSSR count). The number of hydrogen-bond acceptors (Lipinski definition) is 6. The zero-order valence-electron chi connectivity index (χ0n) is 18.3. The number of aryl methyl sites for hydroxylation is 1. The number of methoxy groups -OCH3 is 2.